The average Bonchev–Trinajstić information content (AvgIpc) is 2.46. The number of para-hydroxylation sites is 1. The number of Topliss-reactive ketones (excluding diaryl/α,β-unsaturated/α-hetero) is 1. The molecular weight excluding hydrogens is 238 g/mol. The van der Waals surface area contributed by atoms with Crippen molar-refractivity contribution < 1.29 is 9.53 Å². The van der Waals surface area contributed by atoms with Gasteiger partial charge in [-0.05, 0) is 30.4 Å². The van der Waals surface area contributed by atoms with Crippen LogP contribution in [0.5, 0.6) is 5.75 Å². The standard InChI is InChI=1S/C16H23NO2/c1-3-16(2,11-17)15(18)10-12-8-9-19-14-7-5-4-6-13(12)14/h4-7,12H,3,8-11,17H2,1-2H3. The molecule has 0 bridgehead atoms. The highest BCUT2D eigenvalue weighted by Gasteiger charge is 2.33. The van der Waals surface area contributed by atoms with Crippen LogP contribution in [-0.2, 0) is 4.79 Å². The molecule has 0 fully saturated rings. The van der Waals surface area contributed by atoms with Crippen molar-refractivity contribution in [3.63, 3.8) is 0 Å². The molecule has 0 spiro atoms. The molecule has 3 nitrogen and oxygen atoms in total. The summed E-state index contributed by atoms with van der Waals surface area (Å²) in [5, 5.41) is 0. The lowest BCUT2D eigenvalue weighted by Crippen LogP contribution is -2.36. The molecule has 1 heterocycles. The zero-order valence-electron chi connectivity index (χ0n) is 11.8. The number of nitrogens with two attached hydrogens (primary N) is 1. The quantitative estimate of drug-likeness (QED) is 0.886. The average molecular weight is 261 g/mol. The lowest BCUT2D eigenvalue weighted by atomic mass is 9.77. The highest BCUT2D eigenvalue weighted by Crippen LogP contribution is 2.37. The van der Waals surface area contributed by atoms with Gasteiger partial charge in [0.2, 0.25) is 0 Å². The van der Waals surface area contributed by atoms with Crippen LogP contribution in [0.3, 0.4) is 0 Å². The Bertz CT molecular complexity index is 452. The predicted octanol–water partition coefficient (Wildman–Crippen LogP) is 2.89. The van der Waals surface area contributed by atoms with Crippen molar-refractivity contribution in [1.82, 2.24) is 0 Å². The summed E-state index contributed by atoms with van der Waals surface area (Å²) in [6, 6.07) is 8.03. The van der Waals surface area contributed by atoms with Gasteiger partial charge in [-0.15, -0.1) is 0 Å². The Morgan fingerprint density at radius 2 is 2.21 bits per heavy atom. The second-order valence-corrected chi connectivity index (χ2v) is 5.62. The van der Waals surface area contributed by atoms with Gasteiger partial charge in [0.1, 0.15) is 11.5 Å². The molecule has 0 aliphatic carbocycles. The molecular formula is C16H23NO2. The largest absolute Gasteiger partial charge is 0.493 e. The number of benzene rings is 1. The molecule has 0 radical (unpaired) electrons. The van der Waals surface area contributed by atoms with E-state index in [0.29, 0.717) is 19.6 Å². The molecule has 1 aliphatic heterocycles. The summed E-state index contributed by atoms with van der Waals surface area (Å²) in [6.45, 7) is 5.12. The van der Waals surface area contributed by atoms with Gasteiger partial charge in [0.15, 0.2) is 0 Å². The second kappa shape index (κ2) is 5.74. The maximum atomic E-state index is 12.5. The molecule has 0 amide bonds. The van der Waals surface area contributed by atoms with Crippen LogP contribution in [0.4, 0.5) is 0 Å². The van der Waals surface area contributed by atoms with Gasteiger partial charge >= 0.3 is 0 Å². The summed E-state index contributed by atoms with van der Waals surface area (Å²) in [4.78, 5) is 12.5. The zero-order chi connectivity index (χ0) is 13.9. The number of rotatable bonds is 5. The third kappa shape index (κ3) is 2.81. The minimum absolute atomic E-state index is 0.273. The molecule has 2 rings (SSSR count). The first kappa shape index (κ1) is 14.1. The van der Waals surface area contributed by atoms with Crippen LogP contribution in [0.2, 0.25) is 0 Å². The molecule has 1 aliphatic rings. The van der Waals surface area contributed by atoms with Crippen molar-refractivity contribution in [3.8, 4) is 5.75 Å². The van der Waals surface area contributed by atoms with Crippen molar-refractivity contribution in [3.05, 3.63) is 29.8 Å². The molecule has 0 saturated heterocycles. The van der Waals surface area contributed by atoms with E-state index in [1.165, 1.54) is 0 Å². The molecule has 3 heteroatoms. The summed E-state index contributed by atoms with van der Waals surface area (Å²) >= 11 is 0. The Morgan fingerprint density at radius 1 is 1.47 bits per heavy atom. The first-order valence-electron chi connectivity index (χ1n) is 7.06. The van der Waals surface area contributed by atoms with Gasteiger partial charge in [-0.1, -0.05) is 32.0 Å². The van der Waals surface area contributed by atoms with E-state index in [-0.39, 0.29) is 17.1 Å². The Labute approximate surface area is 115 Å². The summed E-state index contributed by atoms with van der Waals surface area (Å²) in [5.41, 5.74) is 6.56. The number of fused-ring (bicyclic) bond motifs is 1. The molecule has 2 unspecified atom stereocenters. The topological polar surface area (TPSA) is 52.3 Å². The van der Waals surface area contributed by atoms with Gasteiger partial charge in [-0.2, -0.15) is 0 Å². The third-order valence-electron chi connectivity index (χ3n) is 4.42. The fourth-order valence-corrected chi connectivity index (χ4v) is 2.55. The Balaban J connectivity index is 2.15. The first-order valence-corrected chi connectivity index (χ1v) is 7.06. The van der Waals surface area contributed by atoms with Crippen molar-refractivity contribution in [2.45, 2.75) is 39.0 Å². The van der Waals surface area contributed by atoms with E-state index in [2.05, 4.69) is 6.07 Å². The molecule has 104 valence electrons. The van der Waals surface area contributed by atoms with Gasteiger partial charge in [0.05, 0.1) is 6.61 Å². The van der Waals surface area contributed by atoms with Crippen LogP contribution in [0.25, 0.3) is 0 Å². The monoisotopic (exact) mass is 261 g/mol. The fourth-order valence-electron chi connectivity index (χ4n) is 2.55. The Hall–Kier alpha value is -1.35. The summed E-state index contributed by atoms with van der Waals surface area (Å²) in [6.07, 6.45) is 2.28. The number of carbonyl (C=O) groups is 1. The van der Waals surface area contributed by atoms with Gasteiger partial charge in [-0.25, -0.2) is 0 Å². The van der Waals surface area contributed by atoms with E-state index in [4.69, 9.17) is 10.5 Å². The van der Waals surface area contributed by atoms with E-state index in [9.17, 15) is 4.79 Å². The maximum Gasteiger partial charge on any atom is 0.140 e. The molecule has 2 N–H and O–H groups in total. The number of ether oxygens (including phenoxy) is 1. The molecule has 0 saturated carbocycles. The van der Waals surface area contributed by atoms with Crippen molar-refractivity contribution in [1.29, 1.82) is 0 Å². The highest BCUT2D eigenvalue weighted by atomic mass is 16.5. The Kier molecular flexibility index (Phi) is 4.25. The number of ketones is 1. The van der Waals surface area contributed by atoms with E-state index in [0.717, 1.165) is 24.2 Å². The van der Waals surface area contributed by atoms with Gasteiger partial charge < -0.3 is 10.5 Å². The van der Waals surface area contributed by atoms with Crippen LogP contribution in [0.15, 0.2) is 24.3 Å². The minimum atomic E-state index is -0.382. The lowest BCUT2D eigenvalue weighted by molar-refractivity contribution is -0.128. The number of carbonyl (C=O) groups excluding carboxylic acids is 1. The van der Waals surface area contributed by atoms with Gasteiger partial charge in [0, 0.05) is 18.4 Å². The zero-order valence-corrected chi connectivity index (χ0v) is 11.8. The summed E-state index contributed by atoms with van der Waals surface area (Å²) in [7, 11) is 0. The second-order valence-electron chi connectivity index (χ2n) is 5.62. The van der Waals surface area contributed by atoms with Crippen LogP contribution in [0.1, 0.15) is 44.6 Å². The van der Waals surface area contributed by atoms with Crippen molar-refractivity contribution >= 4 is 5.78 Å². The van der Waals surface area contributed by atoms with E-state index in [1.54, 1.807) is 0 Å². The fraction of sp³-hybridized carbons (Fsp3) is 0.562. The van der Waals surface area contributed by atoms with Crippen LogP contribution < -0.4 is 10.5 Å². The van der Waals surface area contributed by atoms with Crippen LogP contribution in [0, 0.1) is 5.41 Å². The molecule has 0 aromatic heterocycles. The summed E-state index contributed by atoms with van der Waals surface area (Å²) in [5.74, 6) is 1.48. The highest BCUT2D eigenvalue weighted by molar-refractivity contribution is 5.85. The molecule has 1 aromatic carbocycles. The van der Waals surface area contributed by atoms with Crippen molar-refractivity contribution in [2.75, 3.05) is 13.2 Å². The first-order chi connectivity index (χ1) is 9.10. The molecule has 1 aromatic rings. The Morgan fingerprint density at radius 3 is 2.89 bits per heavy atom. The minimum Gasteiger partial charge on any atom is -0.493 e. The lowest BCUT2D eigenvalue weighted by Gasteiger charge is -2.30. The van der Waals surface area contributed by atoms with Crippen molar-refractivity contribution in [2.24, 2.45) is 11.1 Å². The SMILES string of the molecule is CCC(C)(CN)C(=O)CC1CCOc2ccccc21. The number of hydrogen-bond donors (Lipinski definition) is 1. The maximum absolute atomic E-state index is 12.5. The molecule has 2 atom stereocenters. The predicted molar refractivity (Wildman–Crippen MR) is 76.4 cm³/mol. The molecule has 19 heavy (non-hydrogen) atoms. The normalized spacial score (nSPS) is 21.1. The summed E-state index contributed by atoms with van der Waals surface area (Å²) < 4.78 is 5.64. The third-order valence-corrected chi connectivity index (χ3v) is 4.42. The smallest absolute Gasteiger partial charge is 0.140 e. The van der Waals surface area contributed by atoms with Crippen LogP contribution >= 0.6 is 0 Å². The number of hydrogen-bond acceptors (Lipinski definition) is 3. The van der Waals surface area contributed by atoms with Gasteiger partial charge in [-0.3, -0.25) is 4.79 Å². The van der Waals surface area contributed by atoms with E-state index in [1.807, 2.05) is 32.0 Å². The van der Waals surface area contributed by atoms with E-state index < -0.39 is 0 Å². The van der Waals surface area contributed by atoms with Crippen LogP contribution in [-0.4, -0.2) is 18.9 Å². The van der Waals surface area contributed by atoms with Gasteiger partial charge in [0.25, 0.3) is 0 Å². The van der Waals surface area contributed by atoms with E-state index >= 15 is 0 Å².